The normalized spacial score (nSPS) is 23.4. The molecular weight excluding hydrogens is 952 g/mol. The summed E-state index contributed by atoms with van der Waals surface area (Å²) in [6.45, 7) is 6.28. The highest BCUT2D eigenvalue weighted by Crippen LogP contribution is 2.44. The number of ether oxygens (including phenoxy) is 2. The van der Waals surface area contributed by atoms with Crippen LogP contribution in [0.15, 0.2) is 141 Å². The first kappa shape index (κ1) is 46.5. The van der Waals surface area contributed by atoms with Gasteiger partial charge in [-0.3, -0.25) is 19.2 Å². The van der Waals surface area contributed by atoms with Gasteiger partial charge in [0.2, 0.25) is 11.8 Å². The Labute approximate surface area is 410 Å². The molecule has 66 heavy (non-hydrogen) atoms. The molecule has 0 saturated carbocycles. The Morgan fingerprint density at radius 1 is 0.515 bits per heavy atom. The third kappa shape index (κ3) is 9.84. The van der Waals surface area contributed by atoms with Crippen molar-refractivity contribution in [1.29, 1.82) is 0 Å². The molecule has 340 valence electrons. The van der Waals surface area contributed by atoms with Crippen LogP contribution in [0.2, 0.25) is 10.0 Å². The van der Waals surface area contributed by atoms with E-state index in [2.05, 4.69) is 44.7 Å². The number of rotatable bonds is 10. The molecule has 2 N–H and O–H groups in total. The van der Waals surface area contributed by atoms with Gasteiger partial charge in [-0.25, -0.2) is 0 Å². The second-order valence-electron chi connectivity index (χ2n) is 16.2. The third-order valence-corrected chi connectivity index (χ3v) is 17.2. The van der Waals surface area contributed by atoms with Crippen LogP contribution in [0.5, 0.6) is 0 Å². The van der Waals surface area contributed by atoms with E-state index in [9.17, 15) is 19.2 Å². The predicted octanol–water partition coefficient (Wildman–Crippen LogP) is 9.46. The molecule has 4 aromatic carbocycles. The number of ketones is 2. The van der Waals surface area contributed by atoms with Gasteiger partial charge >= 0.3 is 0 Å². The fourth-order valence-corrected chi connectivity index (χ4v) is 12.8. The van der Waals surface area contributed by atoms with Gasteiger partial charge in [0.05, 0.1) is 47.6 Å². The van der Waals surface area contributed by atoms with Crippen molar-refractivity contribution in [3.05, 3.63) is 163 Å². The fraction of sp³-hybridized carbons (Fsp3) is 0.280. The van der Waals surface area contributed by atoms with Crippen LogP contribution in [0.3, 0.4) is 0 Å². The van der Waals surface area contributed by atoms with Gasteiger partial charge < -0.3 is 29.9 Å². The summed E-state index contributed by atoms with van der Waals surface area (Å²) < 4.78 is 10.9. The highest BCUT2D eigenvalue weighted by molar-refractivity contribution is 8.01. The Bertz CT molecular complexity index is 2440. The standard InChI is InChI=1S/2C25H23ClN2O3S2/c2*26-20-3-1-2-4-22(20)33-23-21(29)15-25(27-24(23)30,18-9-14-32-16-18)17-5-7-19(8-6-17)28-10-12-31-13-11-28/h2*1-9,14,16,23H,10-13,15H2,(H,27,30)/t2*23?,25-/m10/s1. The second kappa shape index (κ2) is 20.7. The Morgan fingerprint density at radius 2 is 0.894 bits per heavy atom. The zero-order valence-corrected chi connectivity index (χ0v) is 40.4. The third-order valence-electron chi connectivity index (χ3n) is 12.3. The van der Waals surface area contributed by atoms with Crippen molar-refractivity contribution in [3.63, 3.8) is 0 Å². The Morgan fingerprint density at radius 3 is 1.23 bits per heavy atom. The number of piperidine rings is 2. The van der Waals surface area contributed by atoms with Gasteiger partial charge in [0.25, 0.3) is 0 Å². The largest absolute Gasteiger partial charge is 0.378 e. The van der Waals surface area contributed by atoms with E-state index in [1.165, 1.54) is 23.5 Å². The number of Topliss-reactive ketones (excluding diaryl/α,β-unsaturated/α-hetero) is 2. The van der Waals surface area contributed by atoms with Crippen LogP contribution in [-0.2, 0) is 39.7 Å². The van der Waals surface area contributed by atoms with Crippen molar-refractivity contribution in [2.24, 2.45) is 0 Å². The Hall–Kier alpha value is -4.64. The number of carbonyl (C=O) groups is 4. The number of morpholine rings is 2. The molecule has 10 rings (SSSR count). The molecule has 2 unspecified atom stereocenters. The molecule has 10 nitrogen and oxygen atoms in total. The zero-order valence-electron chi connectivity index (χ0n) is 35.7. The molecule has 2 amide bonds. The number of nitrogens with one attached hydrogen (secondary N) is 2. The summed E-state index contributed by atoms with van der Waals surface area (Å²) in [6, 6.07) is 34.9. The van der Waals surface area contributed by atoms with E-state index in [0.29, 0.717) is 10.0 Å². The van der Waals surface area contributed by atoms with E-state index in [-0.39, 0.29) is 36.2 Å². The number of hydrogen-bond donors (Lipinski definition) is 2. The van der Waals surface area contributed by atoms with Crippen LogP contribution in [0.25, 0.3) is 0 Å². The summed E-state index contributed by atoms with van der Waals surface area (Å²) in [4.78, 5) is 59.4. The van der Waals surface area contributed by atoms with Crippen molar-refractivity contribution in [2.75, 3.05) is 62.4 Å². The lowest BCUT2D eigenvalue weighted by Gasteiger charge is -2.40. The molecule has 0 radical (unpaired) electrons. The Kier molecular flexibility index (Phi) is 14.6. The van der Waals surface area contributed by atoms with Crippen LogP contribution in [0.1, 0.15) is 35.1 Å². The Balaban J connectivity index is 0.000000166. The van der Waals surface area contributed by atoms with E-state index in [1.54, 1.807) is 34.8 Å². The quantitative estimate of drug-likeness (QED) is 0.129. The number of carbonyl (C=O) groups excluding carboxylic acids is 4. The van der Waals surface area contributed by atoms with E-state index >= 15 is 0 Å². The van der Waals surface area contributed by atoms with Gasteiger partial charge in [0.15, 0.2) is 11.6 Å². The lowest BCUT2D eigenvalue weighted by Crippen LogP contribution is -2.58. The van der Waals surface area contributed by atoms with E-state index in [0.717, 1.165) is 96.0 Å². The number of nitrogens with zero attached hydrogens (tertiary/aromatic N) is 2. The maximum atomic E-state index is 13.4. The maximum Gasteiger partial charge on any atom is 0.242 e. The molecule has 4 saturated heterocycles. The molecule has 0 spiro atoms. The summed E-state index contributed by atoms with van der Waals surface area (Å²) in [7, 11) is 0. The monoisotopic (exact) mass is 996 g/mol. The molecule has 0 bridgehead atoms. The average molecular weight is 998 g/mol. The van der Waals surface area contributed by atoms with Crippen molar-refractivity contribution in [2.45, 2.75) is 44.2 Å². The van der Waals surface area contributed by atoms with E-state index < -0.39 is 21.6 Å². The van der Waals surface area contributed by atoms with Crippen molar-refractivity contribution >= 4 is 104 Å². The first-order valence-corrected chi connectivity index (χ1v) is 26.0. The summed E-state index contributed by atoms with van der Waals surface area (Å²) >= 11 is 18.1. The van der Waals surface area contributed by atoms with Crippen LogP contribution >= 0.6 is 69.4 Å². The van der Waals surface area contributed by atoms with Gasteiger partial charge in [-0.1, -0.05) is 71.7 Å². The van der Waals surface area contributed by atoms with Gasteiger partial charge in [-0.15, -0.1) is 23.5 Å². The van der Waals surface area contributed by atoms with Crippen LogP contribution < -0.4 is 20.4 Å². The highest BCUT2D eigenvalue weighted by Gasteiger charge is 2.49. The first-order valence-electron chi connectivity index (χ1n) is 21.6. The van der Waals surface area contributed by atoms with Crippen molar-refractivity contribution in [3.8, 4) is 0 Å². The number of thioether (sulfide) groups is 2. The minimum atomic E-state index is -0.880. The summed E-state index contributed by atoms with van der Waals surface area (Å²) in [6.07, 6.45) is 0.378. The number of anilines is 2. The fourth-order valence-electron chi connectivity index (χ4n) is 8.82. The molecule has 6 heterocycles. The predicted molar refractivity (Wildman–Crippen MR) is 267 cm³/mol. The van der Waals surface area contributed by atoms with Gasteiger partial charge in [0.1, 0.15) is 10.5 Å². The molecule has 6 aromatic rings. The first-order chi connectivity index (χ1) is 32.1. The minimum absolute atomic E-state index is 0.105. The lowest BCUT2D eigenvalue weighted by atomic mass is 9.77. The summed E-state index contributed by atoms with van der Waals surface area (Å²) in [5.74, 6) is -0.793. The van der Waals surface area contributed by atoms with E-state index in [4.69, 9.17) is 32.7 Å². The highest BCUT2D eigenvalue weighted by atomic mass is 35.5. The number of amides is 2. The SMILES string of the molecule is O=C1C[C@@](c2ccc(N3CCOCC3)cc2)(c2ccsc2)NC(=O)C1Sc1ccccc1Cl.O=C1C[C@](c2ccc(N3CCOCC3)cc2)(c2ccsc2)NC(=O)C1Sc1ccccc1Cl. The van der Waals surface area contributed by atoms with Gasteiger partial charge in [0, 0.05) is 60.2 Å². The molecule has 2 aromatic heterocycles. The molecular formula is C50H46Cl2N4O6S4. The second-order valence-corrected chi connectivity index (χ2v) is 20.9. The van der Waals surface area contributed by atoms with Crippen LogP contribution in [0, 0.1) is 0 Å². The number of hydrogen-bond acceptors (Lipinski definition) is 12. The molecule has 4 aliphatic rings. The number of thiophene rings is 2. The number of benzene rings is 4. The molecule has 0 aliphatic carbocycles. The molecule has 4 atom stereocenters. The smallest absolute Gasteiger partial charge is 0.242 e. The van der Waals surface area contributed by atoms with Crippen molar-refractivity contribution in [1.82, 2.24) is 10.6 Å². The summed E-state index contributed by atoms with van der Waals surface area (Å²) in [5.41, 5.74) is 4.13. The van der Waals surface area contributed by atoms with E-state index in [1.807, 2.05) is 94.3 Å². The zero-order chi connectivity index (χ0) is 45.7. The van der Waals surface area contributed by atoms with Crippen LogP contribution in [-0.4, -0.2) is 86.5 Å². The molecule has 16 heteroatoms. The lowest BCUT2D eigenvalue weighted by molar-refractivity contribution is -0.134. The average Bonchev–Trinajstić information content (AvgIpc) is 4.11. The molecule has 4 fully saturated rings. The molecule has 4 aliphatic heterocycles. The topological polar surface area (TPSA) is 117 Å². The summed E-state index contributed by atoms with van der Waals surface area (Å²) in [5, 5.41) is 13.8. The number of halogens is 2. The van der Waals surface area contributed by atoms with Gasteiger partial charge in [-0.2, -0.15) is 22.7 Å². The maximum absolute atomic E-state index is 13.4. The van der Waals surface area contributed by atoms with Gasteiger partial charge in [-0.05, 0) is 104 Å². The van der Waals surface area contributed by atoms with Crippen LogP contribution in [0.4, 0.5) is 11.4 Å². The van der Waals surface area contributed by atoms with Crippen molar-refractivity contribution < 1.29 is 28.7 Å². The minimum Gasteiger partial charge on any atom is -0.378 e.